The SMILES string of the molecule is CC/C=C\C/C=C\C/C=C\C/C=C\C/C=C\CCCCCC(=O)OC[C@H](COP(=O)(O)OCC[N+](C)(C)C)OC(=O)CCC/C=C\C/C=C\C/C=C\CCCCCCCC. The van der Waals surface area contributed by atoms with E-state index in [2.05, 4.69) is 105 Å². The molecule has 60 heavy (non-hydrogen) atoms. The summed E-state index contributed by atoms with van der Waals surface area (Å²) in [5.41, 5.74) is 0. The van der Waals surface area contributed by atoms with Crippen LogP contribution < -0.4 is 0 Å². The molecule has 0 bridgehead atoms. The van der Waals surface area contributed by atoms with Gasteiger partial charge in [-0.05, 0) is 89.9 Å². The van der Waals surface area contributed by atoms with E-state index >= 15 is 0 Å². The molecule has 2 atom stereocenters. The molecule has 0 aliphatic heterocycles. The maximum atomic E-state index is 12.7. The summed E-state index contributed by atoms with van der Waals surface area (Å²) in [6.45, 7) is 4.18. The van der Waals surface area contributed by atoms with Crippen LogP contribution in [0.25, 0.3) is 0 Å². The molecule has 9 nitrogen and oxygen atoms in total. The van der Waals surface area contributed by atoms with E-state index in [1.807, 2.05) is 27.2 Å². The topological polar surface area (TPSA) is 108 Å². The van der Waals surface area contributed by atoms with Gasteiger partial charge in [0.05, 0.1) is 27.7 Å². The van der Waals surface area contributed by atoms with Crippen molar-refractivity contribution in [3.8, 4) is 0 Å². The molecule has 0 amide bonds. The number of esters is 2. The van der Waals surface area contributed by atoms with Crippen LogP contribution in [0, 0.1) is 0 Å². The van der Waals surface area contributed by atoms with Gasteiger partial charge < -0.3 is 18.9 Å². The van der Waals surface area contributed by atoms with Crippen molar-refractivity contribution in [2.24, 2.45) is 0 Å². The van der Waals surface area contributed by atoms with Crippen LogP contribution in [-0.4, -0.2) is 74.9 Å². The van der Waals surface area contributed by atoms with Crippen molar-refractivity contribution in [2.75, 3.05) is 47.5 Å². The zero-order valence-electron chi connectivity index (χ0n) is 38.4. The maximum absolute atomic E-state index is 12.7. The predicted molar refractivity (Wildman–Crippen MR) is 252 cm³/mol. The maximum Gasteiger partial charge on any atom is 0.472 e. The predicted octanol–water partition coefficient (Wildman–Crippen LogP) is 13.4. The first kappa shape index (κ1) is 56.9. The number of quaternary nitrogens is 1. The third-order valence-corrected chi connectivity index (χ3v) is 10.1. The number of unbranched alkanes of at least 4 members (excludes halogenated alkanes) is 10. The van der Waals surface area contributed by atoms with E-state index in [0.29, 0.717) is 30.3 Å². The first-order chi connectivity index (χ1) is 29.0. The van der Waals surface area contributed by atoms with Crippen molar-refractivity contribution in [2.45, 2.75) is 161 Å². The van der Waals surface area contributed by atoms with Gasteiger partial charge in [-0.15, -0.1) is 0 Å². The monoisotopic (exact) mass is 859 g/mol. The van der Waals surface area contributed by atoms with Gasteiger partial charge in [0.2, 0.25) is 0 Å². The van der Waals surface area contributed by atoms with Crippen LogP contribution in [0.1, 0.15) is 155 Å². The number of allylic oxidation sites excluding steroid dienone is 16. The molecule has 0 aromatic carbocycles. The minimum Gasteiger partial charge on any atom is -0.462 e. The molecule has 0 saturated heterocycles. The molecule has 0 aliphatic rings. The summed E-state index contributed by atoms with van der Waals surface area (Å²) in [6.07, 6.45) is 54.7. The number of carbonyl (C=O) groups is 2. The van der Waals surface area contributed by atoms with Crippen LogP contribution in [0.15, 0.2) is 97.2 Å². The Bertz CT molecular complexity index is 1340. The molecule has 0 heterocycles. The van der Waals surface area contributed by atoms with Crippen LogP contribution in [0.3, 0.4) is 0 Å². The molecule has 0 spiro atoms. The highest BCUT2D eigenvalue weighted by Crippen LogP contribution is 2.43. The van der Waals surface area contributed by atoms with Crippen LogP contribution in [-0.2, 0) is 32.7 Å². The van der Waals surface area contributed by atoms with Crippen LogP contribution in [0.5, 0.6) is 0 Å². The number of rotatable bonds is 40. The first-order valence-corrected chi connectivity index (χ1v) is 24.5. The van der Waals surface area contributed by atoms with Gasteiger partial charge >= 0.3 is 19.8 Å². The molecule has 0 aromatic rings. The number of nitrogens with zero attached hydrogens (tertiary/aromatic N) is 1. The number of phosphoric ester groups is 1. The lowest BCUT2D eigenvalue weighted by Crippen LogP contribution is -2.37. The Kier molecular flexibility index (Phi) is 39.2. The average molecular weight is 859 g/mol. The number of phosphoric acid groups is 1. The van der Waals surface area contributed by atoms with Crippen LogP contribution in [0.2, 0.25) is 0 Å². The fourth-order valence-corrected chi connectivity index (χ4v) is 6.27. The Morgan fingerprint density at radius 2 is 0.967 bits per heavy atom. The third kappa shape index (κ3) is 44.5. The van der Waals surface area contributed by atoms with Gasteiger partial charge in [-0.2, -0.15) is 0 Å². The van der Waals surface area contributed by atoms with Gasteiger partial charge in [0.15, 0.2) is 6.10 Å². The average Bonchev–Trinajstić information content (AvgIpc) is 3.20. The summed E-state index contributed by atoms with van der Waals surface area (Å²) in [5.74, 6) is -0.907. The van der Waals surface area contributed by atoms with Gasteiger partial charge in [-0.3, -0.25) is 18.6 Å². The fourth-order valence-electron chi connectivity index (χ4n) is 5.53. The zero-order chi connectivity index (χ0) is 44.3. The fraction of sp³-hybridized carbons (Fsp3) is 0.640. The highest BCUT2D eigenvalue weighted by atomic mass is 31.2. The van der Waals surface area contributed by atoms with E-state index in [1.165, 1.54) is 38.5 Å². The summed E-state index contributed by atoms with van der Waals surface area (Å²) < 4.78 is 34.2. The molecule has 0 fully saturated rings. The van der Waals surface area contributed by atoms with Crippen molar-refractivity contribution < 1.29 is 42.1 Å². The summed E-state index contributed by atoms with van der Waals surface area (Å²) >= 11 is 0. The van der Waals surface area contributed by atoms with Crippen molar-refractivity contribution in [1.29, 1.82) is 0 Å². The van der Waals surface area contributed by atoms with E-state index < -0.39 is 32.5 Å². The van der Waals surface area contributed by atoms with Gasteiger partial charge in [-0.25, -0.2) is 4.57 Å². The van der Waals surface area contributed by atoms with E-state index in [1.54, 1.807) is 0 Å². The summed E-state index contributed by atoms with van der Waals surface area (Å²) in [7, 11) is 1.41. The summed E-state index contributed by atoms with van der Waals surface area (Å²) in [4.78, 5) is 35.4. The quantitative estimate of drug-likeness (QED) is 0.0213. The van der Waals surface area contributed by atoms with E-state index in [0.717, 1.165) is 70.6 Å². The lowest BCUT2D eigenvalue weighted by Gasteiger charge is -2.24. The molecule has 0 aromatic heterocycles. The summed E-state index contributed by atoms with van der Waals surface area (Å²) in [6, 6.07) is 0. The van der Waals surface area contributed by atoms with E-state index in [9.17, 15) is 19.0 Å². The largest absolute Gasteiger partial charge is 0.472 e. The van der Waals surface area contributed by atoms with Gasteiger partial charge in [0.1, 0.15) is 19.8 Å². The standard InChI is InChI=1S/C50H84NO8P/c1-6-8-10-12-14-16-18-20-22-24-25-27-28-30-32-34-36-38-40-42-49(52)56-46-48(47-58-60(54,55)57-45-44-51(3,4)5)59-50(53)43-41-39-37-35-33-31-29-26-23-21-19-17-15-13-11-9-7-2/h8,10,14,16,20-23,25,27,29-32,35,37,48H,6-7,9,11-13,15,17-19,24,26,28,33-34,36,38-47H2,1-5H3/p+1/b10-8-,16-14-,22-20-,23-21-,27-25-,31-29-,32-30-,37-35-/t48-/m1/s1. The second-order valence-electron chi connectivity index (χ2n) is 16.0. The highest BCUT2D eigenvalue weighted by Gasteiger charge is 2.27. The molecular weight excluding hydrogens is 774 g/mol. The number of likely N-dealkylation sites (N-methyl/N-ethyl adjacent to an activating group) is 1. The molecule has 342 valence electrons. The molecule has 0 saturated carbocycles. The minimum atomic E-state index is -4.40. The van der Waals surface area contributed by atoms with Gasteiger partial charge in [0, 0.05) is 12.8 Å². The molecule has 10 heteroatoms. The van der Waals surface area contributed by atoms with E-state index in [4.69, 9.17) is 18.5 Å². The Hall–Kier alpha value is -3.07. The molecule has 0 radical (unpaired) electrons. The van der Waals surface area contributed by atoms with E-state index in [-0.39, 0.29) is 26.1 Å². The summed E-state index contributed by atoms with van der Waals surface area (Å²) in [5, 5.41) is 0. The molecule has 0 rings (SSSR count). The molecule has 0 aliphatic carbocycles. The van der Waals surface area contributed by atoms with Crippen molar-refractivity contribution in [1.82, 2.24) is 0 Å². The Morgan fingerprint density at radius 1 is 0.533 bits per heavy atom. The lowest BCUT2D eigenvalue weighted by molar-refractivity contribution is -0.870. The zero-order valence-corrected chi connectivity index (χ0v) is 39.3. The Labute approximate surface area is 366 Å². The normalized spacial score (nSPS) is 14.4. The lowest BCUT2D eigenvalue weighted by atomic mass is 10.1. The smallest absolute Gasteiger partial charge is 0.462 e. The molecule has 1 N–H and O–H groups in total. The van der Waals surface area contributed by atoms with Crippen molar-refractivity contribution in [3.05, 3.63) is 97.2 Å². The molecular formula is C50H85NO8P+. The second kappa shape index (κ2) is 41.3. The van der Waals surface area contributed by atoms with Crippen LogP contribution >= 0.6 is 7.82 Å². The molecule has 1 unspecified atom stereocenters. The van der Waals surface area contributed by atoms with Gasteiger partial charge in [-0.1, -0.05) is 150 Å². The second-order valence-corrected chi connectivity index (χ2v) is 17.5. The van der Waals surface area contributed by atoms with Crippen LogP contribution in [0.4, 0.5) is 0 Å². The third-order valence-electron chi connectivity index (χ3n) is 9.10. The Morgan fingerprint density at radius 3 is 1.47 bits per heavy atom. The number of hydrogen-bond donors (Lipinski definition) is 1. The highest BCUT2D eigenvalue weighted by molar-refractivity contribution is 7.47. The first-order valence-electron chi connectivity index (χ1n) is 23.0. The van der Waals surface area contributed by atoms with Crippen molar-refractivity contribution >= 4 is 19.8 Å². The minimum absolute atomic E-state index is 0.0114. The van der Waals surface area contributed by atoms with Gasteiger partial charge in [0.25, 0.3) is 0 Å². The number of carbonyl (C=O) groups excluding carboxylic acids is 2. The number of hydrogen-bond acceptors (Lipinski definition) is 7. The Balaban J connectivity index is 4.50. The number of ether oxygens (including phenoxy) is 2. The van der Waals surface area contributed by atoms with Crippen molar-refractivity contribution in [3.63, 3.8) is 0 Å².